The summed E-state index contributed by atoms with van der Waals surface area (Å²) in [5, 5.41) is 3.52. The number of benzene rings is 1. The summed E-state index contributed by atoms with van der Waals surface area (Å²) in [6.45, 7) is 3.50. The van der Waals surface area contributed by atoms with Gasteiger partial charge < -0.3 is 18.9 Å². The molecule has 190 valence electrons. The third-order valence-corrected chi connectivity index (χ3v) is 6.01. The molecule has 0 saturated carbocycles. The molecule has 2 aromatic rings. The molecular weight excluding hydrogens is 493 g/mol. The van der Waals surface area contributed by atoms with E-state index in [9.17, 15) is 27.6 Å². The molecule has 1 aromatic heterocycles. The molecule has 0 bridgehead atoms. The van der Waals surface area contributed by atoms with E-state index in [-0.39, 0.29) is 22.6 Å². The number of nitrogens with zero attached hydrogens (tertiary/aromatic N) is 2. The Labute approximate surface area is 202 Å². The van der Waals surface area contributed by atoms with Gasteiger partial charge in [0.2, 0.25) is 0 Å². The van der Waals surface area contributed by atoms with E-state index in [1.165, 1.54) is 44.4 Å². The molecule has 1 aliphatic rings. The number of carbonyl (C=O) groups excluding carboxylic acids is 3. The summed E-state index contributed by atoms with van der Waals surface area (Å²) >= 11 is 1.14. The van der Waals surface area contributed by atoms with Gasteiger partial charge in [-0.3, -0.25) is 19.1 Å². The van der Waals surface area contributed by atoms with Gasteiger partial charge in [-0.15, -0.1) is 11.8 Å². The lowest BCUT2D eigenvalue weighted by Gasteiger charge is -2.39. The van der Waals surface area contributed by atoms with Gasteiger partial charge in [0.05, 0.1) is 0 Å². The van der Waals surface area contributed by atoms with Gasteiger partial charge in [-0.2, -0.15) is 18.3 Å². The Kier molecular flexibility index (Phi) is 7.98. The maximum Gasteiger partial charge on any atom is 0.435 e. The second-order valence-electron chi connectivity index (χ2n) is 7.71. The molecule has 0 spiro atoms. The summed E-state index contributed by atoms with van der Waals surface area (Å²) in [7, 11) is 1.39. The fourth-order valence-corrected chi connectivity index (χ4v) is 4.81. The van der Waals surface area contributed by atoms with Crippen molar-refractivity contribution >= 4 is 29.7 Å². The Balaban J connectivity index is 1.92. The van der Waals surface area contributed by atoms with Crippen LogP contribution in [0.3, 0.4) is 0 Å². The van der Waals surface area contributed by atoms with Crippen LogP contribution in [0.1, 0.15) is 26.5 Å². The van der Waals surface area contributed by atoms with Crippen LogP contribution in [0.2, 0.25) is 0 Å². The lowest BCUT2D eigenvalue weighted by molar-refractivity contribution is -0.186. The molecule has 4 atom stereocenters. The summed E-state index contributed by atoms with van der Waals surface area (Å²) < 4.78 is 63.3. The van der Waals surface area contributed by atoms with Crippen LogP contribution in [0, 0.1) is 0 Å². The summed E-state index contributed by atoms with van der Waals surface area (Å²) in [5.41, 5.74) is -1.88. The topological polar surface area (TPSA) is 106 Å². The number of rotatable bonds is 6. The van der Waals surface area contributed by atoms with Crippen molar-refractivity contribution in [2.24, 2.45) is 7.05 Å². The van der Waals surface area contributed by atoms with E-state index in [1.807, 2.05) is 0 Å². The summed E-state index contributed by atoms with van der Waals surface area (Å²) in [6, 6.07) is 5.92. The van der Waals surface area contributed by atoms with Gasteiger partial charge in [-0.25, -0.2) is 0 Å². The highest BCUT2D eigenvalue weighted by Crippen LogP contribution is 2.38. The Hall–Kier alpha value is -3.22. The minimum atomic E-state index is -4.66. The largest absolute Gasteiger partial charge is 0.476 e. The second kappa shape index (κ2) is 10.6. The molecule has 1 saturated heterocycles. The zero-order valence-electron chi connectivity index (χ0n) is 19.2. The zero-order valence-corrected chi connectivity index (χ0v) is 20.0. The van der Waals surface area contributed by atoms with Crippen molar-refractivity contribution < 1.29 is 46.5 Å². The van der Waals surface area contributed by atoms with Gasteiger partial charge in [0.25, 0.3) is 0 Å². The van der Waals surface area contributed by atoms with Crippen molar-refractivity contribution in [2.45, 2.75) is 50.7 Å². The summed E-state index contributed by atoms with van der Waals surface area (Å²) in [6.07, 6.45) is -6.62. The predicted octanol–water partition coefficient (Wildman–Crippen LogP) is 3.35. The summed E-state index contributed by atoms with van der Waals surface area (Å²) in [4.78, 5) is 35.0. The first-order valence-electron chi connectivity index (χ1n) is 10.4. The minimum Gasteiger partial charge on any atom is -0.476 e. The van der Waals surface area contributed by atoms with Crippen molar-refractivity contribution in [1.82, 2.24) is 9.78 Å². The average Bonchev–Trinajstić information content (AvgIpc) is 3.14. The van der Waals surface area contributed by atoms with Crippen LogP contribution in [0.15, 0.2) is 30.5 Å². The monoisotopic (exact) mass is 516 g/mol. The van der Waals surface area contributed by atoms with Crippen LogP contribution >= 0.6 is 11.8 Å². The number of halogens is 3. The smallest absolute Gasteiger partial charge is 0.435 e. The molecule has 0 N–H and O–H groups in total. The van der Waals surface area contributed by atoms with Gasteiger partial charge in [0.1, 0.15) is 5.75 Å². The zero-order chi connectivity index (χ0) is 25.9. The van der Waals surface area contributed by atoms with Gasteiger partial charge >= 0.3 is 24.1 Å². The van der Waals surface area contributed by atoms with Crippen LogP contribution in [0.4, 0.5) is 13.2 Å². The molecule has 13 heteroatoms. The number of aromatic nitrogens is 2. The first-order chi connectivity index (χ1) is 16.3. The Bertz CT molecular complexity index is 1100. The number of esters is 3. The van der Waals surface area contributed by atoms with Gasteiger partial charge in [0.15, 0.2) is 29.4 Å². The van der Waals surface area contributed by atoms with E-state index < -0.39 is 53.5 Å². The first kappa shape index (κ1) is 26.4. The van der Waals surface area contributed by atoms with Crippen LogP contribution in [0.5, 0.6) is 5.75 Å². The van der Waals surface area contributed by atoms with Crippen molar-refractivity contribution in [2.75, 3.05) is 5.75 Å². The fourth-order valence-electron chi connectivity index (χ4n) is 3.59. The van der Waals surface area contributed by atoms with Gasteiger partial charge in [0, 0.05) is 45.3 Å². The minimum absolute atomic E-state index is 0.133. The quantitative estimate of drug-likeness (QED) is 0.422. The van der Waals surface area contributed by atoms with E-state index in [1.54, 1.807) is 0 Å². The van der Waals surface area contributed by atoms with Gasteiger partial charge in [-0.05, 0) is 17.7 Å². The second-order valence-corrected chi connectivity index (χ2v) is 8.84. The molecule has 35 heavy (non-hydrogen) atoms. The molecule has 1 aromatic carbocycles. The number of aryl methyl sites for hydroxylation is 1. The molecule has 0 radical (unpaired) electrons. The normalized spacial score (nSPS) is 22.3. The van der Waals surface area contributed by atoms with E-state index in [0.29, 0.717) is 0 Å². The molecule has 0 aliphatic carbocycles. The van der Waals surface area contributed by atoms with Crippen LogP contribution < -0.4 is 4.74 Å². The maximum atomic E-state index is 13.4. The number of thioether (sulfide) groups is 1. The molecule has 0 amide bonds. The number of alkyl halides is 3. The highest BCUT2D eigenvalue weighted by atomic mass is 32.2. The SMILES string of the molecule is CC(=O)O[C@@H]1[C@@H](OC(C)=O)[C@H](OC(C)=O)CS[C@H]1Oc1cccc(-c2cn(C)nc2C(F)(F)F)c1. The van der Waals surface area contributed by atoms with Crippen molar-refractivity contribution in [3.63, 3.8) is 0 Å². The van der Waals surface area contributed by atoms with Crippen molar-refractivity contribution in [3.8, 4) is 16.9 Å². The average molecular weight is 516 g/mol. The maximum absolute atomic E-state index is 13.4. The predicted molar refractivity (Wildman–Crippen MR) is 117 cm³/mol. The number of ether oxygens (including phenoxy) is 4. The third kappa shape index (κ3) is 6.68. The molecular formula is C22H23F3N2O7S. The van der Waals surface area contributed by atoms with Crippen molar-refractivity contribution in [3.05, 3.63) is 36.2 Å². The molecule has 3 rings (SSSR count). The third-order valence-electron chi connectivity index (χ3n) is 4.80. The molecule has 9 nitrogen and oxygen atoms in total. The highest BCUT2D eigenvalue weighted by Gasteiger charge is 2.47. The van der Waals surface area contributed by atoms with E-state index in [4.69, 9.17) is 18.9 Å². The van der Waals surface area contributed by atoms with Crippen molar-refractivity contribution in [1.29, 1.82) is 0 Å². The molecule has 2 heterocycles. The standard InChI is InChI=1S/C22H23F3N2O7S/c1-11(28)31-17-10-35-21(19(33-13(3)30)18(17)32-12(2)29)34-15-7-5-6-14(8-15)16-9-27(4)26-20(16)22(23,24)25/h5-9,17-19,21H,10H2,1-4H3/t17-,18+,19-,21-/m1/s1. The van der Waals surface area contributed by atoms with E-state index >= 15 is 0 Å². The Morgan fingerprint density at radius 3 is 2.26 bits per heavy atom. The lowest BCUT2D eigenvalue weighted by atomic mass is 10.1. The number of hydrogen-bond donors (Lipinski definition) is 0. The molecule has 1 aliphatic heterocycles. The highest BCUT2D eigenvalue weighted by molar-refractivity contribution is 7.99. The van der Waals surface area contributed by atoms with Crippen LogP contribution in [-0.2, 0) is 41.8 Å². The lowest BCUT2D eigenvalue weighted by Crippen LogP contribution is -2.55. The first-order valence-corrected chi connectivity index (χ1v) is 11.4. The number of carbonyl (C=O) groups is 3. The Morgan fingerprint density at radius 1 is 1.03 bits per heavy atom. The van der Waals surface area contributed by atoms with Crippen LogP contribution in [0.25, 0.3) is 11.1 Å². The van der Waals surface area contributed by atoms with Crippen LogP contribution in [-0.4, -0.2) is 57.2 Å². The van der Waals surface area contributed by atoms with E-state index in [0.717, 1.165) is 30.3 Å². The number of hydrogen-bond acceptors (Lipinski definition) is 9. The van der Waals surface area contributed by atoms with Gasteiger partial charge in [-0.1, -0.05) is 12.1 Å². The Morgan fingerprint density at radius 2 is 1.66 bits per heavy atom. The fraction of sp³-hybridized carbons (Fsp3) is 0.455. The summed E-state index contributed by atoms with van der Waals surface area (Å²) in [5.74, 6) is -1.66. The molecule has 1 fully saturated rings. The van der Waals surface area contributed by atoms with E-state index in [2.05, 4.69) is 5.10 Å². The molecule has 0 unspecified atom stereocenters.